The van der Waals surface area contributed by atoms with Gasteiger partial charge in [0, 0.05) is 0 Å². The summed E-state index contributed by atoms with van der Waals surface area (Å²) in [7, 11) is 0. The molecule has 1 aromatic rings. The van der Waals surface area contributed by atoms with Crippen LogP contribution >= 0.6 is 0 Å². The predicted molar refractivity (Wildman–Crippen MR) is 141 cm³/mol. The second kappa shape index (κ2) is 21.7. The molecule has 0 spiro atoms. The molecule has 34 heavy (non-hydrogen) atoms. The Hall–Kier alpha value is -1.84. The summed E-state index contributed by atoms with van der Waals surface area (Å²) in [6, 6.07) is 6.67. The van der Waals surface area contributed by atoms with Crippen molar-refractivity contribution in [1.82, 2.24) is 0 Å². The summed E-state index contributed by atoms with van der Waals surface area (Å²) in [5.74, 6) is -0.735. The molecular formula is C30H50O4. The van der Waals surface area contributed by atoms with Gasteiger partial charge < -0.3 is 9.47 Å². The van der Waals surface area contributed by atoms with Gasteiger partial charge in [-0.3, -0.25) is 0 Å². The van der Waals surface area contributed by atoms with Gasteiger partial charge in [-0.15, -0.1) is 0 Å². The van der Waals surface area contributed by atoms with Gasteiger partial charge in [0.2, 0.25) is 0 Å². The molecule has 0 bridgehead atoms. The van der Waals surface area contributed by atoms with Crippen molar-refractivity contribution in [2.75, 3.05) is 13.2 Å². The molecule has 4 heteroatoms. The molecular weight excluding hydrogens is 424 g/mol. The fourth-order valence-corrected chi connectivity index (χ4v) is 4.09. The highest BCUT2D eigenvalue weighted by molar-refractivity contribution is 5.95. The normalized spacial score (nSPS) is 10.9. The zero-order valence-corrected chi connectivity index (χ0v) is 22.1. The number of carbonyl (C=O) groups excluding carboxylic acids is 2. The quantitative estimate of drug-likeness (QED) is 0.124. The third-order valence-corrected chi connectivity index (χ3v) is 6.30. The first-order valence-electron chi connectivity index (χ1n) is 14.1. The van der Waals surface area contributed by atoms with Gasteiger partial charge in [-0.05, 0) is 31.0 Å². The molecule has 0 fully saturated rings. The van der Waals surface area contributed by atoms with Gasteiger partial charge in [0.15, 0.2) is 0 Å². The molecule has 0 atom stereocenters. The lowest BCUT2D eigenvalue weighted by Gasteiger charge is -2.08. The lowest BCUT2D eigenvalue weighted by Crippen LogP contribution is -2.10. The van der Waals surface area contributed by atoms with Crippen molar-refractivity contribution in [3.05, 3.63) is 35.4 Å². The van der Waals surface area contributed by atoms with Gasteiger partial charge in [0.05, 0.1) is 24.3 Å². The van der Waals surface area contributed by atoms with Crippen molar-refractivity contribution in [3.63, 3.8) is 0 Å². The summed E-state index contributed by atoms with van der Waals surface area (Å²) in [4.78, 5) is 24.6. The monoisotopic (exact) mass is 474 g/mol. The summed E-state index contributed by atoms with van der Waals surface area (Å²) in [6.45, 7) is 5.34. The van der Waals surface area contributed by atoms with Crippen LogP contribution in [0, 0.1) is 0 Å². The zero-order valence-electron chi connectivity index (χ0n) is 22.1. The molecule has 0 unspecified atom stereocenters. The molecule has 0 aromatic heterocycles. The minimum Gasteiger partial charge on any atom is -0.462 e. The molecule has 0 radical (unpaired) electrons. The first kappa shape index (κ1) is 30.2. The Kier molecular flexibility index (Phi) is 19.2. The Morgan fingerprint density at radius 2 is 0.853 bits per heavy atom. The van der Waals surface area contributed by atoms with Crippen LogP contribution in [-0.4, -0.2) is 25.2 Å². The first-order chi connectivity index (χ1) is 16.7. The average molecular weight is 475 g/mol. The molecule has 0 amide bonds. The Labute approximate surface area is 209 Å². The molecule has 0 N–H and O–H groups in total. The maximum Gasteiger partial charge on any atom is 0.338 e. The molecule has 1 rings (SSSR count). The van der Waals surface area contributed by atoms with E-state index in [0.717, 1.165) is 25.7 Å². The Morgan fingerprint density at radius 3 is 1.21 bits per heavy atom. The van der Waals surface area contributed by atoms with Gasteiger partial charge in [0.1, 0.15) is 0 Å². The number of benzene rings is 1. The van der Waals surface area contributed by atoms with Crippen LogP contribution in [0.4, 0.5) is 0 Å². The second-order valence-electron chi connectivity index (χ2n) is 9.51. The van der Waals surface area contributed by atoms with Crippen molar-refractivity contribution in [2.24, 2.45) is 0 Å². The van der Waals surface area contributed by atoms with E-state index in [1.54, 1.807) is 24.3 Å². The van der Waals surface area contributed by atoms with Crippen LogP contribution in [0.25, 0.3) is 0 Å². The van der Waals surface area contributed by atoms with Gasteiger partial charge in [0.25, 0.3) is 0 Å². The fourth-order valence-electron chi connectivity index (χ4n) is 4.09. The van der Waals surface area contributed by atoms with E-state index in [1.807, 2.05) is 0 Å². The maximum absolute atomic E-state index is 12.3. The molecule has 1 aromatic carbocycles. The third kappa shape index (κ3) is 15.9. The Bertz CT molecular complexity index is 589. The van der Waals surface area contributed by atoms with Gasteiger partial charge in [-0.2, -0.15) is 0 Å². The van der Waals surface area contributed by atoms with E-state index in [4.69, 9.17) is 9.47 Å². The van der Waals surface area contributed by atoms with Crippen molar-refractivity contribution < 1.29 is 19.1 Å². The lowest BCUT2D eigenvalue weighted by molar-refractivity contribution is 0.0496. The van der Waals surface area contributed by atoms with Gasteiger partial charge in [-0.1, -0.05) is 123 Å². The number of hydrogen-bond donors (Lipinski definition) is 0. The highest BCUT2D eigenvalue weighted by Crippen LogP contribution is 2.13. The van der Waals surface area contributed by atoms with Crippen molar-refractivity contribution in [3.8, 4) is 0 Å². The average Bonchev–Trinajstić information content (AvgIpc) is 2.86. The lowest BCUT2D eigenvalue weighted by atomic mass is 10.1. The summed E-state index contributed by atoms with van der Waals surface area (Å²) < 4.78 is 10.8. The fraction of sp³-hybridized carbons (Fsp3) is 0.733. The smallest absolute Gasteiger partial charge is 0.338 e. The first-order valence-corrected chi connectivity index (χ1v) is 14.1. The number of hydrogen-bond acceptors (Lipinski definition) is 4. The van der Waals surface area contributed by atoms with Crippen LogP contribution in [0.1, 0.15) is 150 Å². The topological polar surface area (TPSA) is 52.6 Å². The van der Waals surface area contributed by atoms with Crippen LogP contribution in [0.2, 0.25) is 0 Å². The van der Waals surface area contributed by atoms with Crippen LogP contribution in [0.15, 0.2) is 24.3 Å². The van der Waals surface area contributed by atoms with E-state index in [2.05, 4.69) is 13.8 Å². The van der Waals surface area contributed by atoms with E-state index >= 15 is 0 Å². The minimum absolute atomic E-state index is 0.367. The number of ether oxygens (including phenoxy) is 2. The van der Waals surface area contributed by atoms with Gasteiger partial charge in [-0.25, -0.2) is 9.59 Å². The molecule has 0 saturated heterocycles. The van der Waals surface area contributed by atoms with Crippen LogP contribution < -0.4 is 0 Å². The Morgan fingerprint density at radius 1 is 0.529 bits per heavy atom. The van der Waals surface area contributed by atoms with E-state index in [0.29, 0.717) is 24.3 Å². The summed E-state index contributed by atoms with van der Waals surface area (Å²) in [5, 5.41) is 0. The second-order valence-corrected chi connectivity index (χ2v) is 9.51. The third-order valence-electron chi connectivity index (χ3n) is 6.30. The molecule has 0 aliphatic carbocycles. The number of unbranched alkanes of at least 4 members (excludes halogenated alkanes) is 16. The van der Waals surface area contributed by atoms with Crippen LogP contribution in [0.5, 0.6) is 0 Å². The molecule has 4 nitrogen and oxygen atoms in total. The molecule has 194 valence electrons. The number of esters is 2. The van der Waals surface area contributed by atoms with E-state index in [9.17, 15) is 9.59 Å². The SMILES string of the molecule is CCCCCCCCCCCOC(=O)c1cccc(C(=O)OCCCCCCCCCCC)c1. The molecule has 0 heterocycles. The number of carbonyl (C=O) groups is 2. The summed E-state index contributed by atoms with van der Waals surface area (Å²) in [5.41, 5.74) is 0.821. The standard InChI is InChI=1S/C30H50O4/c1-3-5-7-9-11-13-15-17-19-24-33-29(31)27-22-21-23-28(26-27)30(32)34-25-20-18-16-14-12-10-8-6-4-2/h21-23,26H,3-20,24-25H2,1-2H3. The van der Waals surface area contributed by atoms with Crippen molar-refractivity contribution >= 4 is 11.9 Å². The van der Waals surface area contributed by atoms with Crippen LogP contribution in [0.3, 0.4) is 0 Å². The summed E-state index contributed by atoms with van der Waals surface area (Å²) in [6.07, 6.45) is 22.1. The minimum atomic E-state index is -0.367. The van der Waals surface area contributed by atoms with Crippen LogP contribution in [-0.2, 0) is 9.47 Å². The van der Waals surface area contributed by atoms with Crippen molar-refractivity contribution in [1.29, 1.82) is 0 Å². The highest BCUT2D eigenvalue weighted by atomic mass is 16.5. The molecule has 0 aliphatic heterocycles. The van der Waals surface area contributed by atoms with E-state index < -0.39 is 0 Å². The van der Waals surface area contributed by atoms with Crippen molar-refractivity contribution in [2.45, 2.75) is 129 Å². The Balaban J connectivity index is 2.13. The predicted octanol–water partition coefficient (Wildman–Crippen LogP) is 9.06. The highest BCUT2D eigenvalue weighted by Gasteiger charge is 2.12. The molecule has 0 aliphatic rings. The summed E-state index contributed by atoms with van der Waals surface area (Å²) >= 11 is 0. The van der Waals surface area contributed by atoms with E-state index in [1.165, 1.54) is 89.9 Å². The largest absolute Gasteiger partial charge is 0.462 e. The maximum atomic E-state index is 12.3. The van der Waals surface area contributed by atoms with Gasteiger partial charge >= 0.3 is 11.9 Å². The number of rotatable bonds is 22. The molecule has 0 saturated carbocycles. The van der Waals surface area contributed by atoms with E-state index in [-0.39, 0.29) is 11.9 Å². The zero-order chi connectivity index (χ0) is 24.7.